The Bertz CT molecular complexity index is 1030. The number of aryl methyl sites for hydroxylation is 2. The van der Waals surface area contributed by atoms with Crippen LogP contribution in [-0.2, 0) is 0 Å². The number of amidine groups is 1. The average Bonchev–Trinajstić information content (AvgIpc) is 3.30. The largest absolute Gasteiger partial charge is 0.497 e. The summed E-state index contributed by atoms with van der Waals surface area (Å²) in [6, 6.07) is 25.7. The van der Waals surface area contributed by atoms with Crippen molar-refractivity contribution in [2.75, 3.05) is 38.6 Å². The molecule has 0 unspecified atom stereocenters. The van der Waals surface area contributed by atoms with Crippen LogP contribution in [0.15, 0.2) is 83.9 Å². The maximum atomic E-state index is 12.0. The van der Waals surface area contributed by atoms with E-state index in [1.807, 2.05) is 73.7 Å². The van der Waals surface area contributed by atoms with Crippen molar-refractivity contribution >= 4 is 17.6 Å². The number of anilines is 1. The zero-order valence-corrected chi connectivity index (χ0v) is 19.5. The van der Waals surface area contributed by atoms with Crippen molar-refractivity contribution in [1.82, 2.24) is 10.2 Å². The van der Waals surface area contributed by atoms with Crippen molar-refractivity contribution < 1.29 is 9.53 Å². The smallest absolute Gasteiger partial charge is 0.319 e. The molecule has 3 aromatic rings. The average molecular weight is 445 g/mol. The standard InChI is InChI=1S/C20H24N4O2.C7H8/c1-15-3-7-17(8-4-15)23-20(25)22-12-14-24-13-11-21-19(24)16-5-9-18(26-2)10-6-16;1-7-5-3-2-4-6-7/h3-10H,11-14H2,1-2H3,(H2,22,23,25);2-6H,1H3. The fourth-order valence-electron chi connectivity index (χ4n) is 3.37. The molecule has 0 aliphatic carbocycles. The van der Waals surface area contributed by atoms with Gasteiger partial charge in [0.15, 0.2) is 0 Å². The molecule has 172 valence electrons. The second kappa shape index (κ2) is 12.3. The Morgan fingerprint density at radius 1 is 0.939 bits per heavy atom. The number of aliphatic imine (C=N–C) groups is 1. The molecular formula is C27H32N4O2. The summed E-state index contributed by atoms with van der Waals surface area (Å²) in [6.45, 7) is 7.00. The molecule has 1 heterocycles. The van der Waals surface area contributed by atoms with Crippen LogP contribution in [0.3, 0.4) is 0 Å². The van der Waals surface area contributed by atoms with Gasteiger partial charge >= 0.3 is 6.03 Å². The van der Waals surface area contributed by atoms with Gasteiger partial charge in [0.1, 0.15) is 11.6 Å². The molecule has 6 nitrogen and oxygen atoms in total. The van der Waals surface area contributed by atoms with Crippen molar-refractivity contribution in [3.63, 3.8) is 0 Å². The number of rotatable bonds is 6. The van der Waals surface area contributed by atoms with Crippen LogP contribution in [0.4, 0.5) is 10.5 Å². The lowest BCUT2D eigenvalue weighted by molar-refractivity contribution is 0.251. The third-order valence-electron chi connectivity index (χ3n) is 5.20. The highest BCUT2D eigenvalue weighted by molar-refractivity contribution is 6.00. The first-order chi connectivity index (χ1) is 16.0. The van der Waals surface area contributed by atoms with E-state index in [0.29, 0.717) is 13.1 Å². The molecular weight excluding hydrogens is 412 g/mol. The molecule has 1 aliphatic rings. The zero-order valence-electron chi connectivity index (χ0n) is 19.5. The van der Waals surface area contributed by atoms with Crippen LogP contribution < -0.4 is 15.4 Å². The first-order valence-corrected chi connectivity index (χ1v) is 11.1. The minimum Gasteiger partial charge on any atom is -0.497 e. The van der Waals surface area contributed by atoms with E-state index in [1.54, 1.807) is 7.11 Å². The molecule has 0 bridgehead atoms. The van der Waals surface area contributed by atoms with Gasteiger partial charge in [-0.25, -0.2) is 4.79 Å². The molecule has 1 aliphatic heterocycles. The Labute approximate surface area is 196 Å². The molecule has 0 saturated heterocycles. The van der Waals surface area contributed by atoms with Gasteiger partial charge in [-0.3, -0.25) is 4.99 Å². The predicted octanol–water partition coefficient (Wildman–Crippen LogP) is 4.88. The number of ether oxygens (including phenoxy) is 1. The maximum absolute atomic E-state index is 12.0. The van der Waals surface area contributed by atoms with Gasteiger partial charge in [0.2, 0.25) is 0 Å². The van der Waals surface area contributed by atoms with Crippen LogP contribution in [0, 0.1) is 13.8 Å². The minimum absolute atomic E-state index is 0.198. The van der Waals surface area contributed by atoms with Crippen molar-refractivity contribution in [3.8, 4) is 5.75 Å². The molecule has 2 amide bonds. The summed E-state index contributed by atoms with van der Waals surface area (Å²) in [4.78, 5) is 18.8. The van der Waals surface area contributed by atoms with E-state index in [4.69, 9.17) is 4.74 Å². The molecule has 3 aromatic carbocycles. The molecule has 0 atom stereocenters. The Morgan fingerprint density at radius 2 is 1.61 bits per heavy atom. The van der Waals surface area contributed by atoms with Gasteiger partial charge in [-0.15, -0.1) is 0 Å². The van der Waals surface area contributed by atoms with Crippen molar-refractivity contribution in [1.29, 1.82) is 0 Å². The molecule has 0 radical (unpaired) electrons. The van der Waals surface area contributed by atoms with E-state index in [1.165, 1.54) is 5.56 Å². The number of hydrogen-bond donors (Lipinski definition) is 2. The number of amides is 2. The fraction of sp³-hybridized carbons (Fsp3) is 0.259. The van der Waals surface area contributed by atoms with Gasteiger partial charge in [0.25, 0.3) is 0 Å². The SMILES string of the molecule is COc1ccc(C2=NCCN2CCNC(=O)Nc2ccc(C)cc2)cc1.Cc1ccccc1. The van der Waals surface area contributed by atoms with Crippen LogP contribution >= 0.6 is 0 Å². The number of benzene rings is 3. The topological polar surface area (TPSA) is 66.0 Å². The Hall–Kier alpha value is -3.80. The lowest BCUT2D eigenvalue weighted by Crippen LogP contribution is -2.38. The second-order valence-corrected chi connectivity index (χ2v) is 7.82. The molecule has 0 spiro atoms. The summed E-state index contributed by atoms with van der Waals surface area (Å²) in [7, 11) is 1.65. The number of hydrogen-bond acceptors (Lipinski definition) is 4. The number of nitrogens with one attached hydrogen (secondary N) is 2. The highest BCUT2D eigenvalue weighted by Gasteiger charge is 2.18. The van der Waals surface area contributed by atoms with Crippen LogP contribution in [0.25, 0.3) is 0 Å². The number of methoxy groups -OCH3 is 1. The minimum atomic E-state index is -0.198. The molecule has 0 saturated carbocycles. The number of nitrogens with zero attached hydrogens (tertiary/aromatic N) is 2. The summed E-state index contributed by atoms with van der Waals surface area (Å²) in [5.74, 6) is 1.79. The van der Waals surface area contributed by atoms with Gasteiger partial charge in [0, 0.05) is 30.9 Å². The van der Waals surface area contributed by atoms with E-state index < -0.39 is 0 Å². The molecule has 6 heteroatoms. The highest BCUT2D eigenvalue weighted by atomic mass is 16.5. The predicted molar refractivity (Wildman–Crippen MR) is 135 cm³/mol. The Balaban J connectivity index is 0.000000374. The van der Waals surface area contributed by atoms with Gasteiger partial charge in [-0.05, 0) is 50.2 Å². The molecule has 2 N–H and O–H groups in total. The van der Waals surface area contributed by atoms with Crippen molar-refractivity contribution in [2.45, 2.75) is 13.8 Å². The lowest BCUT2D eigenvalue weighted by Gasteiger charge is -2.21. The normalized spacial score (nSPS) is 12.3. The number of urea groups is 1. The monoisotopic (exact) mass is 444 g/mol. The summed E-state index contributed by atoms with van der Waals surface area (Å²) >= 11 is 0. The van der Waals surface area contributed by atoms with E-state index >= 15 is 0 Å². The summed E-state index contributed by atoms with van der Waals surface area (Å²) in [6.07, 6.45) is 0. The Morgan fingerprint density at radius 3 is 2.21 bits per heavy atom. The molecule has 0 aromatic heterocycles. The van der Waals surface area contributed by atoms with Gasteiger partial charge < -0.3 is 20.3 Å². The van der Waals surface area contributed by atoms with Gasteiger partial charge in [-0.2, -0.15) is 0 Å². The second-order valence-electron chi connectivity index (χ2n) is 7.82. The zero-order chi connectivity index (χ0) is 23.5. The van der Waals surface area contributed by atoms with Crippen molar-refractivity contribution in [3.05, 3.63) is 95.6 Å². The maximum Gasteiger partial charge on any atom is 0.319 e. The molecule has 4 rings (SSSR count). The molecule has 33 heavy (non-hydrogen) atoms. The van der Waals surface area contributed by atoms with Crippen LogP contribution in [0.1, 0.15) is 16.7 Å². The van der Waals surface area contributed by atoms with Gasteiger partial charge in [0.05, 0.1) is 13.7 Å². The van der Waals surface area contributed by atoms with Crippen LogP contribution in [0.2, 0.25) is 0 Å². The van der Waals surface area contributed by atoms with E-state index in [0.717, 1.165) is 41.5 Å². The lowest BCUT2D eigenvalue weighted by atomic mass is 10.2. The summed E-state index contributed by atoms with van der Waals surface area (Å²) in [5, 5.41) is 5.73. The quantitative estimate of drug-likeness (QED) is 0.569. The van der Waals surface area contributed by atoms with Crippen LogP contribution in [-0.4, -0.2) is 50.1 Å². The van der Waals surface area contributed by atoms with E-state index in [2.05, 4.69) is 39.6 Å². The highest BCUT2D eigenvalue weighted by Crippen LogP contribution is 2.16. The number of carbonyl (C=O) groups excluding carboxylic acids is 1. The summed E-state index contributed by atoms with van der Waals surface area (Å²) < 4.78 is 5.20. The molecule has 0 fully saturated rings. The number of carbonyl (C=O) groups is 1. The van der Waals surface area contributed by atoms with Crippen molar-refractivity contribution in [2.24, 2.45) is 4.99 Å². The van der Waals surface area contributed by atoms with Gasteiger partial charge in [-0.1, -0.05) is 53.6 Å². The van der Waals surface area contributed by atoms with E-state index in [9.17, 15) is 4.79 Å². The third kappa shape index (κ3) is 7.68. The van der Waals surface area contributed by atoms with E-state index in [-0.39, 0.29) is 6.03 Å². The Kier molecular flexibility index (Phi) is 8.88. The first kappa shape index (κ1) is 23.9. The third-order valence-corrected chi connectivity index (χ3v) is 5.20. The fourth-order valence-corrected chi connectivity index (χ4v) is 3.37. The first-order valence-electron chi connectivity index (χ1n) is 11.1. The summed E-state index contributed by atoms with van der Waals surface area (Å²) in [5.41, 5.74) is 4.33. The van der Waals surface area contributed by atoms with Crippen LogP contribution in [0.5, 0.6) is 5.75 Å².